The first kappa shape index (κ1) is 10.1. The summed E-state index contributed by atoms with van der Waals surface area (Å²) in [4.78, 5) is 4.04. The van der Waals surface area contributed by atoms with Crippen molar-refractivity contribution in [3.63, 3.8) is 0 Å². The van der Waals surface area contributed by atoms with E-state index in [4.69, 9.17) is 9.47 Å². The minimum atomic E-state index is 0.601. The summed E-state index contributed by atoms with van der Waals surface area (Å²) >= 11 is 0. The lowest BCUT2D eigenvalue weighted by molar-refractivity contribution is 0.0181. The van der Waals surface area contributed by atoms with Crippen LogP contribution in [0.5, 0.6) is 0 Å². The average Bonchev–Trinajstić information content (AvgIpc) is 2.60. The standard InChI is InChI=1S/C9H16N2O2/c1-3-10-4-5-11(8-10)9-13-7-6-12-2/h3-5H,1,6-9H2,2H3. The molecule has 1 aliphatic heterocycles. The molecule has 0 aromatic carbocycles. The lowest BCUT2D eigenvalue weighted by atomic mass is 10.7. The van der Waals surface area contributed by atoms with Gasteiger partial charge in [0.2, 0.25) is 0 Å². The number of nitrogens with zero attached hydrogens (tertiary/aromatic N) is 2. The van der Waals surface area contributed by atoms with E-state index >= 15 is 0 Å². The van der Waals surface area contributed by atoms with E-state index in [1.807, 2.05) is 17.3 Å². The highest BCUT2D eigenvalue weighted by molar-refractivity contribution is 4.93. The van der Waals surface area contributed by atoms with Gasteiger partial charge >= 0.3 is 0 Å². The molecule has 74 valence electrons. The van der Waals surface area contributed by atoms with E-state index in [0.717, 1.165) is 6.67 Å². The number of rotatable bonds is 6. The minimum absolute atomic E-state index is 0.601. The molecule has 1 rings (SSSR count). The molecule has 4 heteroatoms. The highest BCUT2D eigenvalue weighted by Crippen LogP contribution is 2.05. The van der Waals surface area contributed by atoms with E-state index in [-0.39, 0.29) is 0 Å². The minimum Gasteiger partial charge on any atom is -0.382 e. The maximum Gasteiger partial charge on any atom is 0.120 e. The van der Waals surface area contributed by atoms with E-state index in [0.29, 0.717) is 19.9 Å². The van der Waals surface area contributed by atoms with Crippen LogP contribution in [0.1, 0.15) is 0 Å². The van der Waals surface area contributed by atoms with Gasteiger partial charge in [-0.2, -0.15) is 0 Å². The fourth-order valence-corrected chi connectivity index (χ4v) is 1.01. The lowest BCUT2D eigenvalue weighted by Gasteiger charge is -2.18. The maximum absolute atomic E-state index is 5.34. The number of methoxy groups -OCH3 is 1. The molecule has 0 radical (unpaired) electrons. The van der Waals surface area contributed by atoms with Crippen molar-refractivity contribution >= 4 is 0 Å². The fourth-order valence-electron chi connectivity index (χ4n) is 1.01. The van der Waals surface area contributed by atoms with Gasteiger partial charge in [0.05, 0.1) is 19.9 Å². The normalized spacial score (nSPS) is 15.5. The molecule has 0 saturated carbocycles. The van der Waals surface area contributed by atoms with E-state index in [1.165, 1.54) is 0 Å². The van der Waals surface area contributed by atoms with Crippen molar-refractivity contribution in [1.29, 1.82) is 0 Å². The molecule has 0 bridgehead atoms. The first-order chi connectivity index (χ1) is 6.36. The molecule has 0 aromatic rings. The summed E-state index contributed by atoms with van der Waals surface area (Å²) in [5.74, 6) is 0. The van der Waals surface area contributed by atoms with Crippen molar-refractivity contribution in [3.8, 4) is 0 Å². The molecule has 0 aromatic heterocycles. The second-order valence-corrected chi connectivity index (χ2v) is 2.76. The third-order valence-electron chi connectivity index (χ3n) is 1.74. The van der Waals surface area contributed by atoms with Gasteiger partial charge in [-0.15, -0.1) is 0 Å². The molecular formula is C9H16N2O2. The van der Waals surface area contributed by atoms with Gasteiger partial charge in [0, 0.05) is 19.5 Å². The van der Waals surface area contributed by atoms with Gasteiger partial charge in [-0.25, -0.2) is 0 Å². The fraction of sp³-hybridized carbons (Fsp3) is 0.556. The molecule has 1 aliphatic rings. The molecular weight excluding hydrogens is 168 g/mol. The summed E-state index contributed by atoms with van der Waals surface area (Å²) in [7, 11) is 1.67. The van der Waals surface area contributed by atoms with Gasteiger partial charge in [0.1, 0.15) is 6.73 Å². The van der Waals surface area contributed by atoms with E-state index < -0.39 is 0 Å². The first-order valence-corrected chi connectivity index (χ1v) is 4.24. The lowest BCUT2D eigenvalue weighted by Crippen LogP contribution is -2.25. The smallest absolute Gasteiger partial charge is 0.120 e. The van der Waals surface area contributed by atoms with Crippen molar-refractivity contribution in [2.24, 2.45) is 0 Å². The van der Waals surface area contributed by atoms with Crippen molar-refractivity contribution in [1.82, 2.24) is 9.80 Å². The highest BCUT2D eigenvalue weighted by atomic mass is 16.5. The molecule has 0 aliphatic carbocycles. The van der Waals surface area contributed by atoms with Crippen LogP contribution in [-0.4, -0.2) is 43.5 Å². The second kappa shape index (κ2) is 5.61. The van der Waals surface area contributed by atoms with Crippen molar-refractivity contribution < 1.29 is 9.47 Å². The van der Waals surface area contributed by atoms with Crippen LogP contribution in [0.4, 0.5) is 0 Å². The number of hydrogen-bond donors (Lipinski definition) is 0. The molecule has 0 fully saturated rings. The Balaban J connectivity index is 2.04. The Morgan fingerprint density at radius 3 is 2.92 bits per heavy atom. The maximum atomic E-state index is 5.34. The zero-order valence-corrected chi connectivity index (χ0v) is 7.98. The third-order valence-corrected chi connectivity index (χ3v) is 1.74. The van der Waals surface area contributed by atoms with Crippen LogP contribution in [-0.2, 0) is 9.47 Å². The molecule has 0 N–H and O–H groups in total. The van der Waals surface area contributed by atoms with E-state index in [1.54, 1.807) is 13.3 Å². The van der Waals surface area contributed by atoms with Crippen molar-refractivity contribution in [3.05, 3.63) is 25.2 Å². The largest absolute Gasteiger partial charge is 0.382 e. The first-order valence-electron chi connectivity index (χ1n) is 4.24. The van der Waals surface area contributed by atoms with Gasteiger partial charge in [0.25, 0.3) is 0 Å². The van der Waals surface area contributed by atoms with E-state index in [2.05, 4.69) is 11.5 Å². The summed E-state index contributed by atoms with van der Waals surface area (Å²) in [5.41, 5.74) is 0. The van der Waals surface area contributed by atoms with Gasteiger partial charge in [-0.05, 0) is 6.20 Å². The monoisotopic (exact) mass is 184 g/mol. The van der Waals surface area contributed by atoms with Crippen LogP contribution in [0.2, 0.25) is 0 Å². The molecule has 0 saturated heterocycles. The SMILES string of the molecule is C=CN1C=CN(COCCOC)C1. The molecule has 4 nitrogen and oxygen atoms in total. The molecule has 13 heavy (non-hydrogen) atoms. The molecule has 0 atom stereocenters. The Kier molecular flexibility index (Phi) is 4.35. The van der Waals surface area contributed by atoms with Crippen LogP contribution in [0, 0.1) is 0 Å². The summed E-state index contributed by atoms with van der Waals surface area (Å²) in [6.45, 7) is 6.37. The molecule has 1 heterocycles. The Morgan fingerprint density at radius 1 is 1.46 bits per heavy atom. The van der Waals surface area contributed by atoms with Crippen LogP contribution >= 0.6 is 0 Å². The van der Waals surface area contributed by atoms with Gasteiger partial charge < -0.3 is 19.3 Å². The Bertz CT molecular complexity index is 182. The number of hydrogen-bond acceptors (Lipinski definition) is 4. The van der Waals surface area contributed by atoms with Gasteiger partial charge in [-0.3, -0.25) is 0 Å². The molecule has 0 spiro atoms. The van der Waals surface area contributed by atoms with Crippen molar-refractivity contribution in [2.45, 2.75) is 0 Å². The molecule has 0 unspecified atom stereocenters. The van der Waals surface area contributed by atoms with Crippen LogP contribution < -0.4 is 0 Å². The zero-order chi connectivity index (χ0) is 9.52. The summed E-state index contributed by atoms with van der Waals surface area (Å²) < 4.78 is 10.2. The van der Waals surface area contributed by atoms with Crippen molar-refractivity contribution in [2.75, 3.05) is 33.7 Å². The quantitative estimate of drug-likeness (QED) is 0.570. The van der Waals surface area contributed by atoms with Crippen LogP contribution in [0.3, 0.4) is 0 Å². The summed E-state index contributed by atoms with van der Waals surface area (Å²) in [6, 6.07) is 0. The Labute approximate surface area is 79.0 Å². The second-order valence-electron chi connectivity index (χ2n) is 2.76. The summed E-state index contributed by atoms with van der Waals surface area (Å²) in [5, 5.41) is 0. The zero-order valence-electron chi connectivity index (χ0n) is 7.98. The van der Waals surface area contributed by atoms with Crippen LogP contribution in [0.25, 0.3) is 0 Å². The third kappa shape index (κ3) is 3.48. The van der Waals surface area contributed by atoms with E-state index in [9.17, 15) is 0 Å². The Hall–Kier alpha value is -1.00. The summed E-state index contributed by atoms with van der Waals surface area (Å²) in [6.07, 6.45) is 5.73. The van der Waals surface area contributed by atoms with Gasteiger partial charge in [0.15, 0.2) is 0 Å². The molecule has 0 amide bonds. The predicted molar refractivity (Wildman–Crippen MR) is 50.6 cm³/mol. The Morgan fingerprint density at radius 2 is 2.31 bits per heavy atom. The topological polar surface area (TPSA) is 24.9 Å². The van der Waals surface area contributed by atoms with Gasteiger partial charge in [-0.1, -0.05) is 6.58 Å². The number of ether oxygens (including phenoxy) is 2. The highest BCUT2D eigenvalue weighted by Gasteiger charge is 2.08. The predicted octanol–water partition coefficient (Wildman–Crippen LogP) is 0.797. The van der Waals surface area contributed by atoms with Crippen LogP contribution in [0.15, 0.2) is 25.2 Å². The average molecular weight is 184 g/mol.